The molecule has 0 N–H and O–H groups in total. The van der Waals surface area contributed by atoms with Crippen molar-refractivity contribution in [2.45, 2.75) is 26.7 Å². The summed E-state index contributed by atoms with van der Waals surface area (Å²) in [7, 11) is 2.19. The molecule has 0 bridgehead atoms. The first-order valence-corrected chi connectivity index (χ1v) is 7.02. The summed E-state index contributed by atoms with van der Waals surface area (Å²) in [4.78, 5) is 2.39. The summed E-state index contributed by atoms with van der Waals surface area (Å²) in [6, 6.07) is 3.94. The first-order valence-electron chi connectivity index (χ1n) is 6.64. The van der Waals surface area contributed by atoms with Crippen LogP contribution >= 0.6 is 24.0 Å². The van der Waals surface area contributed by atoms with Crippen LogP contribution in [-0.2, 0) is 0 Å². The number of hydrogen-bond acceptors (Lipinski definition) is 2. The van der Waals surface area contributed by atoms with Gasteiger partial charge in [-0.25, -0.2) is 0 Å². The summed E-state index contributed by atoms with van der Waals surface area (Å²) in [6.07, 6.45) is 2.55. The van der Waals surface area contributed by atoms with Crippen LogP contribution in [0.1, 0.15) is 24.0 Å². The maximum Gasteiger partial charge on any atom is 0.125 e. The quantitative estimate of drug-likeness (QED) is 0.833. The molecule has 0 saturated carbocycles. The second kappa shape index (κ2) is 7.37. The highest BCUT2D eigenvalue weighted by Gasteiger charge is 2.18. The lowest BCUT2D eigenvalue weighted by Crippen LogP contribution is -2.34. The van der Waals surface area contributed by atoms with Crippen LogP contribution in [0.4, 0.5) is 0 Å². The van der Waals surface area contributed by atoms with Crippen LogP contribution < -0.4 is 4.74 Å². The van der Waals surface area contributed by atoms with Crippen molar-refractivity contribution >= 4 is 24.0 Å². The van der Waals surface area contributed by atoms with E-state index in [4.69, 9.17) is 16.3 Å². The Labute approximate surface area is 127 Å². The number of benzene rings is 1. The summed E-state index contributed by atoms with van der Waals surface area (Å²) in [6.45, 7) is 7.29. The first kappa shape index (κ1) is 16.6. The van der Waals surface area contributed by atoms with E-state index in [0.29, 0.717) is 5.92 Å². The summed E-state index contributed by atoms with van der Waals surface area (Å²) < 4.78 is 6.03. The Kier molecular flexibility index (Phi) is 6.45. The first-order chi connectivity index (χ1) is 8.56. The number of halogens is 2. The SMILES string of the molecule is Cc1cc(Cl)cc(C)c1OC[C@H]1CCCN(C)C1.Cl. The largest absolute Gasteiger partial charge is 0.493 e. The van der Waals surface area contributed by atoms with Crippen LogP contribution in [0.2, 0.25) is 5.02 Å². The zero-order valence-corrected chi connectivity index (χ0v) is 13.5. The van der Waals surface area contributed by atoms with E-state index in [0.717, 1.165) is 35.1 Å². The Bertz CT molecular complexity index is 400. The molecule has 1 saturated heterocycles. The van der Waals surface area contributed by atoms with Gasteiger partial charge in [0, 0.05) is 17.5 Å². The predicted molar refractivity (Wildman–Crippen MR) is 83.9 cm³/mol. The summed E-state index contributed by atoms with van der Waals surface area (Å²) in [5.41, 5.74) is 2.26. The van der Waals surface area contributed by atoms with Crippen molar-refractivity contribution in [3.05, 3.63) is 28.3 Å². The third-order valence-corrected chi connectivity index (χ3v) is 3.83. The molecule has 2 rings (SSSR count). The number of hydrogen-bond donors (Lipinski definition) is 0. The fourth-order valence-electron chi connectivity index (χ4n) is 2.74. The fourth-order valence-corrected chi connectivity index (χ4v) is 3.06. The minimum Gasteiger partial charge on any atom is -0.493 e. The molecular formula is C15H23Cl2NO. The average molecular weight is 304 g/mol. The summed E-state index contributed by atoms with van der Waals surface area (Å²) in [5, 5.41) is 0.787. The molecule has 0 amide bonds. The van der Waals surface area contributed by atoms with E-state index >= 15 is 0 Å². The van der Waals surface area contributed by atoms with Gasteiger partial charge in [-0.1, -0.05) is 11.6 Å². The van der Waals surface area contributed by atoms with Crippen LogP contribution in [0.15, 0.2) is 12.1 Å². The fraction of sp³-hybridized carbons (Fsp3) is 0.600. The number of rotatable bonds is 3. The van der Waals surface area contributed by atoms with Gasteiger partial charge < -0.3 is 9.64 Å². The Morgan fingerprint density at radius 2 is 1.95 bits per heavy atom. The molecule has 1 atom stereocenters. The Morgan fingerprint density at radius 1 is 1.32 bits per heavy atom. The number of piperidine rings is 1. The van der Waals surface area contributed by atoms with E-state index in [1.54, 1.807) is 0 Å². The Hall–Kier alpha value is -0.440. The molecule has 0 radical (unpaired) electrons. The molecule has 0 spiro atoms. The molecule has 1 aromatic carbocycles. The average Bonchev–Trinajstić information content (AvgIpc) is 2.27. The van der Waals surface area contributed by atoms with Crippen molar-refractivity contribution in [1.29, 1.82) is 0 Å². The monoisotopic (exact) mass is 303 g/mol. The molecule has 1 aliphatic rings. The van der Waals surface area contributed by atoms with E-state index in [9.17, 15) is 0 Å². The molecule has 1 aromatic rings. The molecule has 2 nitrogen and oxygen atoms in total. The van der Waals surface area contributed by atoms with Crippen molar-refractivity contribution in [2.24, 2.45) is 5.92 Å². The van der Waals surface area contributed by atoms with E-state index in [2.05, 4.69) is 25.8 Å². The highest BCUT2D eigenvalue weighted by molar-refractivity contribution is 6.30. The number of likely N-dealkylation sites (tertiary alicyclic amines) is 1. The third-order valence-electron chi connectivity index (χ3n) is 3.61. The maximum atomic E-state index is 6.03. The van der Waals surface area contributed by atoms with Gasteiger partial charge in [-0.3, -0.25) is 0 Å². The van der Waals surface area contributed by atoms with Gasteiger partial charge in [-0.15, -0.1) is 12.4 Å². The molecule has 1 heterocycles. The van der Waals surface area contributed by atoms with Crippen molar-refractivity contribution in [3.63, 3.8) is 0 Å². The molecule has 19 heavy (non-hydrogen) atoms. The van der Waals surface area contributed by atoms with Crippen molar-refractivity contribution < 1.29 is 4.74 Å². The number of nitrogens with zero attached hydrogens (tertiary/aromatic N) is 1. The number of aryl methyl sites for hydroxylation is 2. The summed E-state index contributed by atoms with van der Waals surface area (Å²) >= 11 is 6.03. The van der Waals surface area contributed by atoms with Gasteiger partial charge in [0.05, 0.1) is 6.61 Å². The molecular weight excluding hydrogens is 281 g/mol. The smallest absolute Gasteiger partial charge is 0.125 e. The van der Waals surface area contributed by atoms with Gasteiger partial charge in [0.25, 0.3) is 0 Å². The van der Waals surface area contributed by atoms with Crippen LogP contribution in [-0.4, -0.2) is 31.6 Å². The Morgan fingerprint density at radius 3 is 2.53 bits per heavy atom. The van der Waals surface area contributed by atoms with Crippen molar-refractivity contribution in [1.82, 2.24) is 4.90 Å². The molecule has 1 fully saturated rings. The van der Waals surface area contributed by atoms with E-state index in [1.165, 1.54) is 19.4 Å². The highest BCUT2D eigenvalue weighted by Crippen LogP contribution is 2.28. The van der Waals surface area contributed by atoms with Gasteiger partial charge in [0.2, 0.25) is 0 Å². The molecule has 108 valence electrons. The van der Waals surface area contributed by atoms with E-state index < -0.39 is 0 Å². The minimum atomic E-state index is 0. The molecule has 0 aromatic heterocycles. The summed E-state index contributed by atoms with van der Waals surface area (Å²) in [5.74, 6) is 1.66. The second-order valence-electron chi connectivity index (χ2n) is 5.45. The lowest BCUT2D eigenvalue weighted by Gasteiger charge is -2.29. The van der Waals surface area contributed by atoms with Gasteiger partial charge in [-0.05, 0) is 63.5 Å². The molecule has 4 heteroatoms. The van der Waals surface area contributed by atoms with Gasteiger partial charge in [0.15, 0.2) is 0 Å². The molecule has 1 aliphatic heterocycles. The topological polar surface area (TPSA) is 12.5 Å². The highest BCUT2D eigenvalue weighted by atomic mass is 35.5. The van der Waals surface area contributed by atoms with E-state index in [-0.39, 0.29) is 12.4 Å². The molecule has 0 aliphatic carbocycles. The number of ether oxygens (including phenoxy) is 1. The third kappa shape index (κ3) is 4.55. The molecule has 0 unspecified atom stereocenters. The van der Waals surface area contributed by atoms with E-state index in [1.807, 2.05) is 12.1 Å². The maximum absolute atomic E-state index is 6.03. The predicted octanol–water partition coefficient (Wildman–Crippen LogP) is 4.10. The van der Waals surface area contributed by atoms with Crippen LogP contribution in [0.5, 0.6) is 5.75 Å². The van der Waals surface area contributed by atoms with Crippen LogP contribution in [0, 0.1) is 19.8 Å². The standard InChI is InChI=1S/C15H22ClNO.ClH/c1-11-7-14(16)8-12(2)15(11)18-10-13-5-4-6-17(3)9-13;/h7-8,13H,4-6,9-10H2,1-3H3;1H/t13-;/m0./s1. The van der Waals surface area contributed by atoms with Crippen LogP contribution in [0.3, 0.4) is 0 Å². The van der Waals surface area contributed by atoms with Crippen molar-refractivity contribution in [3.8, 4) is 5.75 Å². The Balaban J connectivity index is 0.00000180. The van der Waals surface area contributed by atoms with Gasteiger partial charge in [-0.2, -0.15) is 0 Å². The zero-order chi connectivity index (χ0) is 13.1. The normalized spacial score (nSPS) is 19.9. The zero-order valence-electron chi connectivity index (χ0n) is 11.9. The van der Waals surface area contributed by atoms with Gasteiger partial charge >= 0.3 is 0 Å². The lowest BCUT2D eigenvalue weighted by molar-refractivity contribution is 0.149. The van der Waals surface area contributed by atoms with Crippen LogP contribution in [0.25, 0.3) is 0 Å². The minimum absolute atomic E-state index is 0. The van der Waals surface area contributed by atoms with Crippen molar-refractivity contribution in [2.75, 3.05) is 26.7 Å². The lowest BCUT2D eigenvalue weighted by atomic mass is 9.99. The second-order valence-corrected chi connectivity index (χ2v) is 5.89. The van der Waals surface area contributed by atoms with Gasteiger partial charge in [0.1, 0.15) is 5.75 Å².